The van der Waals surface area contributed by atoms with E-state index in [0.717, 1.165) is 21.6 Å². The number of halogens is 1. The first-order chi connectivity index (χ1) is 18.9. The third-order valence-corrected chi connectivity index (χ3v) is 8.17. The number of carboxylic acid groups (broad SMARTS) is 1. The van der Waals surface area contributed by atoms with Gasteiger partial charge in [0.05, 0.1) is 0 Å². The molecule has 212 valence electrons. The number of aliphatic hydroxyl groups excluding tert-OH is 1. The molecule has 0 amide bonds. The zero-order valence-electron chi connectivity index (χ0n) is 23.2. The molecule has 3 unspecified atom stereocenters. The Hall–Kier alpha value is -3.04. The maximum Gasteiger partial charge on any atom is 0.347 e. The van der Waals surface area contributed by atoms with Crippen LogP contribution in [0.2, 0.25) is 5.02 Å². The molecule has 1 heterocycles. The molecule has 1 saturated heterocycles. The van der Waals surface area contributed by atoms with Gasteiger partial charge in [0.2, 0.25) is 0 Å². The van der Waals surface area contributed by atoms with Crippen molar-refractivity contribution in [2.45, 2.75) is 50.5 Å². The van der Waals surface area contributed by atoms with Crippen molar-refractivity contribution >= 4 is 35.1 Å². The molecule has 40 heavy (non-hydrogen) atoms. The Labute approximate surface area is 244 Å². The quantitative estimate of drug-likeness (QED) is 0.166. The third kappa shape index (κ3) is 6.63. The topological polar surface area (TPSA) is 96.3 Å². The summed E-state index contributed by atoms with van der Waals surface area (Å²) in [4.78, 5) is 28.3. The SMILES string of the molecule is CSc1ccc(C(=O)C2CN(C(O)Oc3cccc(Cl)c3)CC2c2cc(C)c(OC(C)(C)C(=O)O)c(C)c2)cc1. The highest BCUT2D eigenvalue weighted by Gasteiger charge is 2.42. The number of carboxylic acids is 1. The number of benzene rings is 3. The van der Waals surface area contributed by atoms with Crippen LogP contribution in [0.5, 0.6) is 11.5 Å². The Kier molecular flexibility index (Phi) is 9.15. The molecule has 0 aromatic heterocycles. The van der Waals surface area contributed by atoms with Crippen LogP contribution in [0.3, 0.4) is 0 Å². The van der Waals surface area contributed by atoms with Gasteiger partial charge in [0.1, 0.15) is 11.5 Å². The van der Waals surface area contributed by atoms with Gasteiger partial charge in [-0.05, 0) is 81.0 Å². The van der Waals surface area contributed by atoms with Gasteiger partial charge in [-0.15, -0.1) is 11.8 Å². The van der Waals surface area contributed by atoms with Gasteiger partial charge in [-0.3, -0.25) is 4.79 Å². The summed E-state index contributed by atoms with van der Waals surface area (Å²) in [5.41, 5.74) is 1.66. The van der Waals surface area contributed by atoms with Crippen molar-refractivity contribution in [3.05, 3.63) is 87.9 Å². The summed E-state index contributed by atoms with van der Waals surface area (Å²) in [6.45, 7) is 7.42. The number of carbonyl (C=O) groups excluding carboxylic acids is 1. The fraction of sp³-hybridized carbons (Fsp3) is 0.355. The highest BCUT2D eigenvalue weighted by Crippen LogP contribution is 2.39. The van der Waals surface area contributed by atoms with Gasteiger partial charge in [0.25, 0.3) is 6.41 Å². The number of thioether (sulfide) groups is 1. The normalized spacial score (nSPS) is 18.4. The zero-order valence-corrected chi connectivity index (χ0v) is 24.8. The van der Waals surface area contributed by atoms with Gasteiger partial charge in [-0.2, -0.15) is 0 Å². The minimum Gasteiger partial charge on any atom is -0.478 e. The predicted molar refractivity (Wildman–Crippen MR) is 157 cm³/mol. The molecule has 0 aliphatic carbocycles. The number of carbonyl (C=O) groups is 2. The highest BCUT2D eigenvalue weighted by atomic mass is 35.5. The van der Waals surface area contributed by atoms with Gasteiger partial charge in [-0.1, -0.05) is 41.9 Å². The van der Waals surface area contributed by atoms with Gasteiger partial charge >= 0.3 is 5.97 Å². The molecule has 0 spiro atoms. The molecule has 1 aliphatic heterocycles. The summed E-state index contributed by atoms with van der Waals surface area (Å²) in [5, 5.41) is 21.0. The zero-order chi connectivity index (χ0) is 29.2. The van der Waals surface area contributed by atoms with Crippen molar-refractivity contribution < 1.29 is 29.3 Å². The second-order valence-electron chi connectivity index (χ2n) is 10.6. The van der Waals surface area contributed by atoms with E-state index >= 15 is 0 Å². The van der Waals surface area contributed by atoms with Crippen LogP contribution in [-0.4, -0.2) is 58.2 Å². The molecule has 3 aromatic carbocycles. The monoisotopic (exact) mass is 583 g/mol. The molecule has 0 bridgehead atoms. The number of rotatable bonds is 10. The average Bonchev–Trinajstić information content (AvgIpc) is 3.36. The van der Waals surface area contributed by atoms with Gasteiger partial charge < -0.3 is 19.7 Å². The Morgan fingerprint density at radius 3 is 2.27 bits per heavy atom. The van der Waals surface area contributed by atoms with Crippen LogP contribution in [0.1, 0.15) is 46.8 Å². The fourth-order valence-corrected chi connectivity index (χ4v) is 5.57. The van der Waals surface area contributed by atoms with Crippen molar-refractivity contribution in [1.29, 1.82) is 0 Å². The smallest absolute Gasteiger partial charge is 0.347 e. The number of Topliss-reactive ketones (excluding diaryl/α,β-unsaturated/α-hetero) is 1. The van der Waals surface area contributed by atoms with Gasteiger partial charge in [0.15, 0.2) is 11.4 Å². The molecule has 0 radical (unpaired) electrons. The van der Waals surface area contributed by atoms with Gasteiger partial charge in [-0.25, -0.2) is 9.69 Å². The minimum atomic E-state index is -1.40. The lowest BCUT2D eigenvalue weighted by Gasteiger charge is -2.26. The highest BCUT2D eigenvalue weighted by molar-refractivity contribution is 7.98. The predicted octanol–water partition coefficient (Wildman–Crippen LogP) is 6.17. The molecule has 9 heteroatoms. The second kappa shape index (κ2) is 12.2. The van der Waals surface area contributed by atoms with Crippen LogP contribution in [0.4, 0.5) is 0 Å². The molecule has 1 aliphatic rings. The van der Waals surface area contributed by atoms with E-state index in [9.17, 15) is 19.8 Å². The summed E-state index contributed by atoms with van der Waals surface area (Å²) in [7, 11) is 0. The summed E-state index contributed by atoms with van der Waals surface area (Å²) in [6, 6.07) is 18.2. The van der Waals surface area contributed by atoms with Crippen LogP contribution in [-0.2, 0) is 4.79 Å². The van der Waals surface area contributed by atoms with E-state index in [1.54, 1.807) is 40.9 Å². The van der Waals surface area contributed by atoms with Crippen molar-refractivity contribution in [2.75, 3.05) is 19.3 Å². The lowest BCUT2D eigenvalue weighted by atomic mass is 9.82. The lowest BCUT2D eigenvalue weighted by Crippen LogP contribution is -2.38. The molecule has 0 saturated carbocycles. The standard InChI is InChI=1S/C31H34ClNO6S/c1-18-13-21(14-19(2)28(18)39-31(3,4)29(35)36)25-16-33(30(37)38-23-8-6-7-22(32)15-23)17-26(25)27(34)20-9-11-24(40-5)12-10-20/h6-15,25-26,30,37H,16-17H2,1-5H3,(H,35,36). The van der Waals surface area contributed by atoms with E-state index in [1.807, 2.05) is 56.5 Å². The Morgan fingerprint density at radius 1 is 1.05 bits per heavy atom. The van der Waals surface area contributed by atoms with Crippen LogP contribution < -0.4 is 9.47 Å². The Balaban J connectivity index is 1.66. The Bertz CT molecular complexity index is 1370. The summed E-state index contributed by atoms with van der Waals surface area (Å²) < 4.78 is 11.7. The second-order valence-corrected chi connectivity index (χ2v) is 11.9. The fourth-order valence-electron chi connectivity index (χ4n) is 4.98. The first-order valence-corrected chi connectivity index (χ1v) is 14.6. The van der Waals surface area contributed by atoms with Crippen molar-refractivity contribution in [3.63, 3.8) is 0 Å². The first-order valence-electron chi connectivity index (χ1n) is 13.0. The molecule has 2 N–H and O–H groups in total. The van der Waals surface area contributed by atoms with Gasteiger partial charge in [0, 0.05) is 40.4 Å². The molecular weight excluding hydrogens is 550 g/mol. The summed E-state index contributed by atoms with van der Waals surface area (Å²) >= 11 is 7.69. The number of nitrogens with zero attached hydrogens (tertiary/aromatic N) is 1. The minimum absolute atomic E-state index is 0.0160. The van der Waals surface area contributed by atoms with Crippen molar-refractivity contribution in [2.24, 2.45) is 5.92 Å². The number of hydrogen-bond acceptors (Lipinski definition) is 7. The van der Waals surface area contributed by atoms with Crippen molar-refractivity contribution in [3.8, 4) is 11.5 Å². The maximum atomic E-state index is 13.8. The van der Waals surface area contributed by atoms with E-state index < -0.39 is 23.9 Å². The number of likely N-dealkylation sites (tertiary alicyclic amines) is 1. The Morgan fingerprint density at radius 2 is 1.70 bits per heavy atom. The van der Waals surface area contributed by atoms with Crippen LogP contribution in [0.25, 0.3) is 0 Å². The average molecular weight is 584 g/mol. The number of hydrogen-bond donors (Lipinski definition) is 2. The molecule has 3 atom stereocenters. The van der Waals surface area contributed by atoms with E-state index in [-0.39, 0.29) is 18.2 Å². The molecule has 4 rings (SSSR count). The number of aryl methyl sites for hydroxylation is 2. The lowest BCUT2D eigenvalue weighted by molar-refractivity contribution is -0.152. The van der Waals surface area contributed by atoms with Crippen LogP contribution >= 0.6 is 23.4 Å². The molecule has 3 aromatic rings. The molecule has 7 nitrogen and oxygen atoms in total. The number of aliphatic carboxylic acids is 1. The largest absolute Gasteiger partial charge is 0.478 e. The summed E-state index contributed by atoms with van der Waals surface area (Å²) in [5.74, 6) is -0.839. The number of ketones is 1. The number of aliphatic hydroxyl groups is 1. The van der Waals surface area contributed by atoms with E-state index in [2.05, 4.69) is 0 Å². The van der Waals surface area contributed by atoms with E-state index in [4.69, 9.17) is 21.1 Å². The van der Waals surface area contributed by atoms with Crippen molar-refractivity contribution in [1.82, 2.24) is 4.90 Å². The van der Waals surface area contributed by atoms with E-state index in [1.165, 1.54) is 13.8 Å². The number of ether oxygens (including phenoxy) is 2. The molecule has 1 fully saturated rings. The van der Waals surface area contributed by atoms with Crippen LogP contribution in [0, 0.1) is 19.8 Å². The maximum absolute atomic E-state index is 13.8. The van der Waals surface area contributed by atoms with E-state index in [0.29, 0.717) is 28.6 Å². The first kappa shape index (κ1) is 29.9. The summed E-state index contributed by atoms with van der Waals surface area (Å²) in [6.07, 6.45) is 0.706. The van der Waals surface area contributed by atoms with Crippen LogP contribution in [0.15, 0.2) is 65.6 Å². The third-order valence-electron chi connectivity index (χ3n) is 7.19. The molecular formula is C31H34ClNO6S.